The van der Waals surface area contributed by atoms with Crippen molar-refractivity contribution in [2.24, 2.45) is 0 Å². The Kier molecular flexibility index (Phi) is 6.49. The van der Waals surface area contributed by atoms with Gasteiger partial charge in [-0.3, -0.25) is 4.79 Å². The molecule has 0 unspecified atom stereocenters. The van der Waals surface area contributed by atoms with Gasteiger partial charge in [-0.05, 0) is 42.8 Å². The number of amides is 1. The summed E-state index contributed by atoms with van der Waals surface area (Å²) in [5.74, 6) is -0.212. The van der Waals surface area contributed by atoms with Gasteiger partial charge in [0.1, 0.15) is 16.3 Å². The van der Waals surface area contributed by atoms with Crippen LogP contribution in [0.2, 0.25) is 0 Å². The summed E-state index contributed by atoms with van der Waals surface area (Å²) in [6, 6.07) is 14.4. The fourth-order valence-electron chi connectivity index (χ4n) is 2.64. The third-order valence-corrected chi connectivity index (χ3v) is 5.41. The molecule has 3 rings (SSSR count). The summed E-state index contributed by atoms with van der Waals surface area (Å²) >= 11 is 4.70. The van der Waals surface area contributed by atoms with Crippen LogP contribution in [0.25, 0.3) is 11.1 Å². The molecule has 144 valence electrons. The monoisotopic (exact) mass is 459 g/mol. The molecule has 2 aromatic carbocycles. The molecule has 0 aliphatic rings. The number of thiophene rings is 1. The van der Waals surface area contributed by atoms with Crippen LogP contribution in [0.15, 0.2) is 58.4 Å². The van der Waals surface area contributed by atoms with Crippen LogP contribution in [-0.4, -0.2) is 25.6 Å². The molecule has 1 heterocycles. The first kappa shape index (κ1) is 20.1. The lowest BCUT2D eigenvalue weighted by Gasteiger charge is -2.09. The number of hydrogen-bond donors (Lipinski definition) is 1. The van der Waals surface area contributed by atoms with Crippen molar-refractivity contribution in [2.75, 3.05) is 19.0 Å². The Balaban J connectivity index is 1.97. The minimum Gasteiger partial charge on any atom is -0.497 e. The van der Waals surface area contributed by atoms with Crippen LogP contribution >= 0.6 is 27.3 Å². The van der Waals surface area contributed by atoms with E-state index in [-0.39, 0.29) is 12.5 Å². The molecule has 1 amide bonds. The van der Waals surface area contributed by atoms with Crippen molar-refractivity contribution in [1.29, 1.82) is 0 Å². The van der Waals surface area contributed by atoms with Crippen LogP contribution in [0.4, 0.5) is 5.00 Å². The number of halogens is 1. The van der Waals surface area contributed by atoms with E-state index in [9.17, 15) is 9.59 Å². The maximum absolute atomic E-state index is 12.7. The third kappa shape index (κ3) is 4.43. The zero-order valence-electron chi connectivity index (χ0n) is 15.3. The summed E-state index contributed by atoms with van der Waals surface area (Å²) in [6.07, 6.45) is 0. The highest BCUT2D eigenvalue weighted by atomic mass is 79.9. The average Bonchev–Trinajstić information content (AvgIpc) is 3.12. The minimum atomic E-state index is -0.470. The number of hydrogen-bond acceptors (Lipinski definition) is 5. The number of ether oxygens (including phenoxy) is 2. The van der Waals surface area contributed by atoms with Crippen molar-refractivity contribution in [3.05, 3.63) is 69.5 Å². The van der Waals surface area contributed by atoms with Gasteiger partial charge in [0.05, 0.1) is 13.7 Å². The molecule has 1 aromatic heterocycles. The van der Waals surface area contributed by atoms with Crippen LogP contribution in [0.3, 0.4) is 0 Å². The Bertz CT molecular complexity index is 998. The average molecular weight is 460 g/mol. The van der Waals surface area contributed by atoms with Crippen molar-refractivity contribution in [3.63, 3.8) is 0 Å². The second kappa shape index (κ2) is 9.03. The van der Waals surface area contributed by atoms with E-state index in [1.165, 1.54) is 11.3 Å². The van der Waals surface area contributed by atoms with Gasteiger partial charge >= 0.3 is 5.97 Å². The highest BCUT2D eigenvalue weighted by Gasteiger charge is 2.23. The van der Waals surface area contributed by atoms with Gasteiger partial charge in [0.25, 0.3) is 5.91 Å². The lowest BCUT2D eigenvalue weighted by molar-refractivity contribution is 0.0529. The molecular weight excluding hydrogens is 442 g/mol. The Morgan fingerprint density at radius 3 is 2.57 bits per heavy atom. The first-order chi connectivity index (χ1) is 13.5. The van der Waals surface area contributed by atoms with Gasteiger partial charge in [-0.15, -0.1) is 11.3 Å². The first-order valence-corrected chi connectivity index (χ1v) is 10.2. The van der Waals surface area contributed by atoms with E-state index in [1.807, 2.05) is 29.6 Å². The number of anilines is 1. The van der Waals surface area contributed by atoms with E-state index < -0.39 is 5.97 Å². The normalized spacial score (nSPS) is 10.4. The third-order valence-electron chi connectivity index (χ3n) is 3.98. The van der Waals surface area contributed by atoms with E-state index in [0.29, 0.717) is 21.9 Å². The molecular formula is C21H18BrNO4S. The molecule has 0 atom stereocenters. The molecule has 0 saturated heterocycles. The van der Waals surface area contributed by atoms with Gasteiger partial charge in [-0.25, -0.2) is 4.79 Å². The second-order valence-electron chi connectivity index (χ2n) is 5.77. The number of carbonyl (C=O) groups excluding carboxylic acids is 2. The van der Waals surface area contributed by atoms with Gasteiger partial charge < -0.3 is 14.8 Å². The summed E-state index contributed by atoms with van der Waals surface area (Å²) in [7, 11) is 1.54. The Labute approximate surface area is 175 Å². The number of nitrogens with one attached hydrogen (secondary N) is 1. The summed E-state index contributed by atoms with van der Waals surface area (Å²) in [6.45, 7) is 2.00. The highest BCUT2D eigenvalue weighted by Crippen LogP contribution is 2.37. The first-order valence-electron chi connectivity index (χ1n) is 8.53. The van der Waals surface area contributed by atoms with Crippen molar-refractivity contribution >= 4 is 44.1 Å². The number of methoxy groups -OCH3 is 1. The molecule has 3 aromatic rings. The molecule has 0 fully saturated rings. The largest absolute Gasteiger partial charge is 0.497 e. The zero-order valence-corrected chi connectivity index (χ0v) is 17.7. The summed E-state index contributed by atoms with van der Waals surface area (Å²) in [5.41, 5.74) is 2.37. The number of rotatable bonds is 6. The maximum atomic E-state index is 12.7. The lowest BCUT2D eigenvalue weighted by atomic mass is 10.0. The predicted molar refractivity (Wildman–Crippen MR) is 114 cm³/mol. The van der Waals surface area contributed by atoms with E-state index in [2.05, 4.69) is 21.2 Å². The van der Waals surface area contributed by atoms with Crippen molar-refractivity contribution < 1.29 is 19.1 Å². The standard InChI is InChI=1S/C21H18BrNO4S/c1-3-27-21(25)18-17(13-7-9-15(22)10-8-13)12-28-20(18)23-19(24)14-5-4-6-16(11-14)26-2/h4-12H,3H2,1-2H3,(H,23,24). The topological polar surface area (TPSA) is 64.6 Å². The summed E-state index contributed by atoms with van der Waals surface area (Å²) < 4.78 is 11.3. The summed E-state index contributed by atoms with van der Waals surface area (Å²) in [4.78, 5) is 25.3. The van der Waals surface area contributed by atoms with Gasteiger partial charge in [-0.1, -0.05) is 34.1 Å². The van der Waals surface area contributed by atoms with Crippen molar-refractivity contribution in [1.82, 2.24) is 0 Å². The molecule has 28 heavy (non-hydrogen) atoms. The van der Waals surface area contributed by atoms with E-state index >= 15 is 0 Å². The van der Waals surface area contributed by atoms with Gasteiger partial charge in [-0.2, -0.15) is 0 Å². The molecule has 0 radical (unpaired) electrons. The van der Waals surface area contributed by atoms with E-state index in [4.69, 9.17) is 9.47 Å². The van der Waals surface area contributed by atoms with Crippen LogP contribution in [-0.2, 0) is 4.74 Å². The molecule has 1 N–H and O–H groups in total. The molecule has 0 saturated carbocycles. The number of benzene rings is 2. The molecule has 0 aliphatic carbocycles. The van der Waals surface area contributed by atoms with Crippen molar-refractivity contribution in [2.45, 2.75) is 6.92 Å². The Morgan fingerprint density at radius 2 is 1.89 bits per heavy atom. The molecule has 0 aliphatic heterocycles. The zero-order chi connectivity index (χ0) is 20.1. The van der Waals surface area contributed by atoms with Gasteiger partial charge in [0, 0.05) is 21.0 Å². The Morgan fingerprint density at radius 1 is 1.14 bits per heavy atom. The van der Waals surface area contributed by atoms with Crippen LogP contribution < -0.4 is 10.1 Å². The minimum absolute atomic E-state index is 0.248. The predicted octanol–water partition coefficient (Wildman–Crippen LogP) is 5.62. The molecule has 0 bridgehead atoms. The van der Waals surface area contributed by atoms with E-state index in [0.717, 1.165) is 15.6 Å². The number of esters is 1. The number of carbonyl (C=O) groups is 2. The van der Waals surface area contributed by atoms with Crippen LogP contribution in [0.1, 0.15) is 27.6 Å². The summed E-state index contributed by atoms with van der Waals surface area (Å²) in [5, 5.41) is 5.13. The smallest absolute Gasteiger partial charge is 0.341 e. The van der Waals surface area contributed by atoms with Gasteiger partial charge in [0.15, 0.2) is 0 Å². The second-order valence-corrected chi connectivity index (χ2v) is 7.56. The lowest BCUT2D eigenvalue weighted by Crippen LogP contribution is -2.14. The maximum Gasteiger partial charge on any atom is 0.341 e. The molecule has 7 heteroatoms. The fraction of sp³-hybridized carbons (Fsp3) is 0.143. The Hall–Kier alpha value is -2.64. The fourth-order valence-corrected chi connectivity index (χ4v) is 3.85. The van der Waals surface area contributed by atoms with E-state index in [1.54, 1.807) is 38.3 Å². The van der Waals surface area contributed by atoms with Crippen LogP contribution in [0.5, 0.6) is 5.75 Å². The molecule has 0 spiro atoms. The SMILES string of the molecule is CCOC(=O)c1c(-c2ccc(Br)cc2)csc1NC(=O)c1cccc(OC)c1. The highest BCUT2D eigenvalue weighted by molar-refractivity contribution is 9.10. The quantitative estimate of drug-likeness (QED) is 0.486. The molecule has 5 nitrogen and oxygen atoms in total. The van der Waals surface area contributed by atoms with Gasteiger partial charge in [0.2, 0.25) is 0 Å². The van der Waals surface area contributed by atoms with Crippen LogP contribution in [0, 0.1) is 0 Å². The van der Waals surface area contributed by atoms with Crippen molar-refractivity contribution in [3.8, 4) is 16.9 Å².